The summed E-state index contributed by atoms with van der Waals surface area (Å²) in [5.41, 5.74) is 0. The van der Waals surface area contributed by atoms with Gasteiger partial charge in [0.1, 0.15) is 21.3 Å². The van der Waals surface area contributed by atoms with Crippen molar-refractivity contribution in [3.63, 3.8) is 0 Å². The Kier molecular flexibility index (Phi) is 6.13. The molecule has 1 N–H and O–H groups in total. The third-order valence-corrected chi connectivity index (χ3v) is 3.26. The van der Waals surface area contributed by atoms with E-state index in [0.29, 0.717) is 0 Å². The van der Waals surface area contributed by atoms with E-state index in [1.165, 1.54) is 2.02 Å². The standard InChI is InChI=1S/CH2FI2N/c2-3-1-4-5/h1,5H. The van der Waals surface area contributed by atoms with Crippen molar-refractivity contribution >= 4 is 44.4 Å². The van der Waals surface area contributed by atoms with Crippen LogP contribution < -0.4 is 0 Å². The summed E-state index contributed by atoms with van der Waals surface area (Å²) in [4.78, 5) is 0. The van der Waals surface area contributed by atoms with Crippen molar-refractivity contribution < 1.29 is 2.86 Å². The van der Waals surface area contributed by atoms with E-state index in [1.807, 2.05) is 0 Å². The molecule has 5 heavy (non-hydrogen) atoms. The second-order valence-electron chi connectivity index (χ2n) is 0.274. The first-order valence-corrected chi connectivity index (χ1v) is 5.15. The number of rotatable bonds is 1. The Balaban J connectivity index is 2.92. The van der Waals surface area contributed by atoms with Crippen molar-refractivity contribution in [3.05, 3.63) is 0 Å². The Morgan fingerprint density at radius 2 is 2.40 bits per heavy atom. The molecule has 0 aromatic carbocycles. The minimum atomic E-state index is -1.16. The first-order chi connectivity index (χ1) is 2.41. The summed E-state index contributed by atoms with van der Waals surface area (Å²) < 4.78 is 18.9. The lowest BCUT2D eigenvalue weighted by Crippen LogP contribution is -1.20. The summed E-state index contributed by atoms with van der Waals surface area (Å²) in [6.45, 7) is 0. The molecule has 0 atom stereocenters. The van der Waals surface area contributed by atoms with Gasteiger partial charge in [-0.15, -0.1) is 0 Å². The fraction of sp³-hybridized carbons (Fsp3) is 0. The average molecular weight is 301 g/mol. The topological polar surface area (TPSA) is 23.9 Å². The van der Waals surface area contributed by atoms with E-state index in [4.69, 9.17) is 3.56 Å². The zero-order valence-corrected chi connectivity index (χ0v) is 6.53. The maximum atomic E-state index is 11.0. The van der Waals surface area contributed by atoms with Crippen molar-refractivity contribution in [3.8, 4) is 0 Å². The summed E-state index contributed by atoms with van der Waals surface area (Å²) in [6.07, 6.45) is 0. The molecule has 0 aliphatic rings. The lowest BCUT2D eigenvalue weighted by molar-refractivity contribution is 1.03. The van der Waals surface area contributed by atoms with Crippen molar-refractivity contribution in [2.45, 2.75) is 0 Å². The quantitative estimate of drug-likeness (QED) is 0.719. The fourth-order valence-electron chi connectivity index (χ4n) is 0.0156. The van der Waals surface area contributed by atoms with E-state index in [0.717, 1.165) is 0 Å². The number of nitrogens with one attached hydrogen (secondary N) is 1. The molecule has 1 nitrogen and oxygen atoms in total. The molecule has 0 aromatic rings. The monoisotopic (exact) mass is 301 g/mol. The molecule has 0 bridgehead atoms. The highest BCUT2D eigenvalue weighted by molar-refractivity contribution is 14.2. The lowest BCUT2D eigenvalue weighted by atomic mass is 12.0. The Morgan fingerprint density at radius 1 is 1.80 bits per heavy atom. The van der Waals surface area contributed by atoms with Crippen LogP contribution in [0, 0.1) is 3.56 Å². The van der Waals surface area contributed by atoms with Crippen molar-refractivity contribution in [2.24, 2.45) is 0 Å². The van der Waals surface area contributed by atoms with Gasteiger partial charge in [0.25, 0.3) is 0 Å². The Labute approximate surface area is 50.4 Å². The average Bonchev–Trinajstić information content (AvgIpc) is 1.41. The number of hydrogen-bond acceptors (Lipinski definition) is 1. The van der Waals surface area contributed by atoms with E-state index in [2.05, 4.69) is 0 Å². The summed E-state index contributed by atoms with van der Waals surface area (Å²) >= 11 is -1.75. The Bertz CT molecular complexity index is 51.6. The third-order valence-electron chi connectivity index (χ3n) is 0.0724. The Morgan fingerprint density at radius 3 is 2.40 bits per heavy atom. The van der Waals surface area contributed by atoms with Crippen molar-refractivity contribution in [2.75, 3.05) is 0 Å². The minimum absolute atomic E-state index is 0.594. The van der Waals surface area contributed by atoms with Crippen LogP contribution in [0.3, 0.4) is 0 Å². The zero-order chi connectivity index (χ0) is 4.12. The molecule has 0 radical (unpaired) electrons. The SMILES string of the molecule is N=IC=IF. The molecular formula is CH2FI2N. The molecule has 32 valence electrons. The van der Waals surface area contributed by atoms with Crippen LogP contribution in [0.25, 0.3) is 0 Å². The van der Waals surface area contributed by atoms with Gasteiger partial charge in [-0.1, -0.05) is 0 Å². The first kappa shape index (κ1) is 6.06. The summed E-state index contributed by atoms with van der Waals surface area (Å²) in [5, 5.41) is 0. The van der Waals surface area contributed by atoms with Gasteiger partial charge in [0.05, 0.1) is 0 Å². The molecule has 0 aliphatic heterocycles. The highest BCUT2D eigenvalue weighted by Crippen LogP contribution is 1.99. The molecule has 0 heterocycles. The number of halogens is 3. The summed E-state index contributed by atoms with van der Waals surface area (Å²) in [7, 11) is 0. The molecular weight excluding hydrogens is 299 g/mol. The van der Waals surface area contributed by atoms with Crippen LogP contribution in [-0.2, 0) is 0 Å². The van der Waals surface area contributed by atoms with E-state index in [1.54, 1.807) is 0 Å². The second-order valence-corrected chi connectivity index (χ2v) is 5.00. The fourth-order valence-corrected chi connectivity index (χ4v) is 0.701. The van der Waals surface area contributed by atoms with E-state index in [9.17, 15) is 2.86 Å². The molecule has 0 amide bonds. The molecule has 0 saturated heterocycles. The van der Waals surface area contributed by atoms with Gasteiger partial charge in [0.2, 0.25) is 0 Å². The van der Waals surface area contributed by atoms with Crippen LogP contribution in [0.1, 0.15) is 0 Å². The van der Waals surface area contributed by atoms with Crippen LogP contribution in [0.2, 0.25) is 0 Å². The molecule has 0 aliphatic carbocycles. The van der Waals surface area contributed by atoms with E-state index in [-0.39, 0.29) is 0 Å². The number of hydrogen-bond donors (Lipinski definition) is 1. The second kappa shape index (κ2) is 5.06. The highest BCUT2D eigenvalue weighted by Gasteiger charge is 1.51. The Hall–Kier alpha value is 1.06. The largest absolute Gasteiger partial charge is 0.274 e. The van der Waals surface area contributed by atoms with Gasteiger partial charge in [-0.25, -0.2) is 0 Å². The zero-order valence-electron chi connectivity index (χ0n) is 2.21. The molecule has 0 fully saturated rings. The van der Waals surface area contributed by atoms with Crippen LogP contribution >= 0.6 is 42.3 Å². The lowest BCUT2D eigenvalue weighted by Gasteiger charge is -1.48. The third kappa shape index (κ3) is 5.06. The van der Waals surface area contributed by atoms with Crippen molar-refractivity contribution in [1.82, 2.24) is 0 Å². The van der Waals surface area contributed by atoms with E-state index >= 15 is 0 Å². The summed E-state index contributed by atoms with van der Waals surface area (Å²) in [6, 6.07) is 0. The van der Waals surface area contributed by atoms with Crippen LogP contribution in [0.5, 0.6) is 0 Å². The molecule has 0 aromatic heterocycles. The molecule has 4 heteroatoms. The smallest absolute Gasteiger partial charge is 0.108 e. The van der Waals surface area contributed by atoms with Gasteiger partial charge >= 0.3 is 0 Å². The van der Waals surface area contributed by atoms with Gasteiger partial charge in [0, 0.05) is 23.1 Å². The van der Waals surface area contributed by atoms with Gasteiger partial charge in [-0.2, -0.15) is 2.86 Å². The van der Waals surface area contributed by atoms with Crippen LogP contribution in [0.4, 0.5) is 2.86 Å². The molecule has 0 rings (SSSR count). The first-order valence-electron chi connectivity index (χ1n) is 0.768. The molecule has 0 saturated carbocycles. The maximum Gasteiger partial charge on any atom is 0.108 e. The highest BCUT2D eigenvalue weighted by atomic mass is 127. The van der Waals surface area contributed by atoms with Gasteiger partial charge in [0.15, 0.2) is 0 Å². The van der Waals surface area contributed by atoms with Gasteiger partial charge in [-0.3, -0.25) is 3.56 Å². The van der Waals surface area contributed by atoms with Crippen LogP contribution in [-0.4, -0.2) is 2.02 Å². The normalized spacial score (nSPS) is 11.4. The summed E-state index contributed by atoms with van der Waals surface area (Å²) in [5.74, 6) is 0. The van der Waals surface area contributed by atoms with Crippen molar-refractivity contribution in [1.29, 1.82) is 3.56 Å². The van der Waals surface area contributed by atoms with Gasteiger partial charge in [-0.05, 0) is 0 Å². The predicted octanol–water partition coefficient (Wildman–Crippen LogP) is 2.33. The maximum absolute atomic E-state index is 11.0. The molecule has 0 spiro atoms. The van der Waals surface area contributed by atoms with E-state index < -0.39 is 42.3 Å². The predicted molar refractivity (Wildman–Crippen MR) is 37.9 cm³/mol. The minimum Gasteiger partial charge on any atom is -0.274 e. The van der Waals surface area contributed by atoms with Crippen LogP contribution in [0.15, 0.2) is 0 Å². The van der Waals surface area contributed by atoms with Gasteiger partial charge < -0.3 is 0 Å². The molecule has 0 unspecified atom stereocenters.